The van der Waals surface area contributed by atoms with Gasteiger partial charge < -0.3 is 14.5 Å². The van der Waals surface area contributed by atoms with Crippen molar-refractivity contribution in [3.05, 3.63) is 35.3 Å². The molecule has 0 radical (unpaired) electrons. The van der Waals surface area contributed by atoms with Crippen LogP contribution in [-0.2, 0) is 11.3 Å². The molecule has 1 aliphatic rings. The highest BCUT2D eigenvalue weighted by Gasteiger charge is 2.15. The molecule has 0 aliphatic heterocycles. The highest BCUT2D eigenvalue weighted by Crippen LogP contribution is 2.18. The van der Waals surface area contributed by atoms with Crippen LogP contribution in [0, 0.1) is 12.8 Å². The van der Waals surface area contributed by atoms with E-state index in [1.54, 1.807) is 13.0 Å². The first-order chi connectivity index (χ1) is 9.20. The van der Waals surface area contributed by atoms with Crippen LogP contribution in [-0.4, -0.2) is 19.6 Å². The lowest BCUT2D eigenvalue weighted by Crippen LogP contribution is -2.22. The van der Waals surface area contributed by atoms with Crippen LogP contribution in [0.15, 0.2) is 22.6 Å². The molecule has 0 spiro atoms. The zero-order chi connectivity index (χ0) is 13.7. The largest absolute Gasteiger partial charge is 0.465 e. The number of esters is 1. The maximum absolute atomic E-state index is 11.5. The second-order valence-corrected chi connectivity index (χ2v) is 4.96. The molecule has 0 saturated carbocycles. The molecule has 0 aromatic carbocycles. The molecular weight excluding hydrogens is 242 g/mol. The Morgan fingerprint density at radius 1 is 1.53 bits per heavy atom. The molecular formula is C15H21NO3. The molecule has 19 heavy (non-hydrogen) atoms. The van der Waals surface area contributed by atoms with Gasteiger partial charge in [0.05, 0.1) is 13.7 Å². The third-order valence-corrected chi connectivity index (χ3v) is 3.48. The average molecular weight is 263 g/mol. The monoisotopic (exact) mass is 263 g/mol. The Hall–Kier alpha value is -1.55. The molecule has 1 aliphatic carbocycles. The van der Waals surface area contributed by atoms with Gasteiger partial charge in [-0.3, -0.25) is 0 Å². The van der Waals surface area contributed by atoms with Gasteiger partial charge in [0, 0.05) is 0 Å². The number of methoxy groups -OCH3 is 1. The molecule has 4 heteroatoms. The van der Waals surface area contributed by atoms with Crippen molar-refractivity contribution >= 4 is 5.97 Å². The van der Waals surface area contributed by atoms with Crippen molar-refractivity contribution in [2.45, 2.75) is 32.7 Å². The Kier molecular flexibility index (Phi) is 4.80. The molecule has 1 atom stereocenters. The van der Waals surface area contributed by atoms with E-state index in [0.717, 1.165) is 18.7 Å². The number of hydrogen-bond acceptors (Lipinski definition) is 4. The minimum absolute atomic E-state index is 0.343. The van der Waals surface area contributed by atoms with E-state index in [1.807, 2.05) is 0 Å². The number of furan rings is 1. The molecule has 1 unspecified atom stereocenters. The Balaban J connectivity index is 1.82. The van der Waals surface area contributed by atoms with Crippen LogP contribution in [0.1, 0.15) is 41.1 Å². The zero-order valence-corrected chi connectivity index (χ0v) is 11.6. The first-order valence-electron chi connectivity index (χ1n) is 6.74. The summed E-state index contributed by atoms with van der Waals surface area (Å²) in [5.41, 5.74) is 0.514. The molecule has 0 amide bonds. The topological polar surface area (TPSA) is 51.5 Å². The minimum atomic E-state index is -0.343. The first kappa shape index (κ1) is 13.9. The van der Waals surface area contributed by atoms with Crippen LogP contribution < -0.4 is 5.32 Å². The van der Waals surface area contributed by atoms with Crippen molar-refractivity contribution in [2.24, 2.45) is 5.92 Å². The number of rotatable bonds is 5. The van der Waals surface area contributed by atoms with Crippen LogP contribution in [0.2, 0.25) is 0 Å². The number of aryl methyl sites for hydroxylation is 1. The Bertz CT molecular complexity index is 462. The SMILES string of the molecule is COC(=O)c1cc(CNCC2CC=CCC2)oc1C. The average Bonchev–Trinajstić information content (AvgIpc) is 2.80. The van der Waals surface area contributed by atoms with E-state index < -0.39 is 0 Å². The number of allylic oxidation sites excluding steroid dienone is 2. The molecule has 4 nitrogen and oxygen atoms in total. The van der Waals surface area contributed by atoms with E-state index in [-0.39, 0.29) is 5.97 Å². The Morgan fingerprint density at radius 3 is 3.05 bits per heavy atom. The van der Waals surface area contributed by atoms with Gasteiger partial charge in [-0.2, -0.15) is 0 Å². The van der Waals surface area contributed by atoms with Gasteiger partial charge in [-0.05, 0) is 44.7 Å². The number of ether oxygens (including phenoxy) is 1. The molecule has 104 valence electrons. The fourth-order valence-electron chi connectivity index (χ4n) is 2.38. The maximum atomic E-state index is 11.5. The lowest BCUT2D eigenvalue weighted by atomic mass is 9.94. The molecule has 2 rings (SSSR count). The summed E-state index contributed by atoms with van der Waals surface area (Å²) in [6.45, 7) is 3.41. The van der Waals surface area contributed by atoms with E-state index in [1.165, 1.54) is 20.0 Å². The van der Waals surface area contributed by atoms with Crippen molar-refractivity contribution in [3.8, 4) is 0 Å². The lowest BCUT2D eigenvalue weighted by Gasteiger charge is -2.17. The highest BCUT2D eigenvalue weighted by molar-refractivity contribution is 5.90. The van der Waals surface area contributed by atoms with Crippen molar-refractivity contribution in [1.29, 1.82) is 0 Å². The van der Waals surface area contributed by atoms with Crippen LogP contribution in [0.4, 0.5) is 0 Å². The predicted octanol–water partition coefficient (Wildman–Crippen LogP) is 2.82. The van der Waals surface area contributed by atoms with Gasteiger partial charge in [-0.25, -0.2) is 4.79 Å². The molecule has 0 saturated heterocycles. The minimum Gasteiger partial charge on any atom is -0.465 e. The van der Waals surface area contributed by atoms with Crippen LogP contribution >= 0.6 is 0 Å². The zero-order valence-electron chi connectivity index (χ0n) is 11.6. The molecule has 1 aromatic rings. The number of carbonyl (C=O) groups is 1. The summed E-state index contributed by atoms with van der Waals surface area (Å²) >= 11 is 0. The van der Waals surface area contributed by atoms with Crippen molar-refractivity contribution in [2.75, 3.05) is 13.7 Å². The normalized spacial score (nSPS) is 18.5. The number of hydrogen-bond donors (Lipinski definition) is 1. The van der Waals surface area contributed by atoms with E-state index in [4.69, 9.17) is 9.15 Å². The summed E-state index contributed by atoms with van der Waals surface area (Å²) in [6.07, 6.45) is 8.07. The third kappa shape index (κ3) is 3.70. The third-order valence-electron chi connectivity index (χ3n) is 3.48. The molecule has 1 heterocycles. The van der Waals surface area contributed by atoms with Crippen LogP contribution in [0.5, 0.6) is 0 Å². The van der Waals surface area contributed by atoms with Gasteiger partial charge >= 0.3 is 5.97 Å². The highest BCUT2D eigenvalue weighted by atomic mass is 16.5. The second-order valence-electron chi connectivity index (χ2n) is 4.96. The van der Waals surface area contributed by atoms with Gasteiger partial charge in [-0.15, -0.1) is 0 Å². The van der Waals surface area contributed by atoms with Gasteiger partial charge in [0.15, 0.2) is 0 Å². The quantitative estimate of drug-likeness (QED) is 0.655. The smallest absolute Gasteiger partial charge is 0.341 e. The molecule has 1 aromatic heterocycles. The summed E-state index contributed by atoms with van der Waals surface area (Å²) in [7, 11) is 1.38. The molecule has 1 N–H and O–H groups in total. The maximum Gasteiger partial charge on any atom is 0.341 e. The standard InChI is InChI=1S/C15H21NO3/c1-11-14(15(17)18-2)8-13(19-11)10-16-9-12-6-4-3-5-7-12/h3-4,8,12,16H,5-7,9-10H2,1-2H3. The van der Waals surface area contributed by atoms with E-state index >= 15 is 0 Å². The van der Waals surface area contributed by atoms with Crippen molar-refractivity contribution < 1.29 is 13.9 Å². The summed E-state index contributed by atoms with van der Waals surface area (Å²) in [6, 6.07) is 1.76. The van der Waals surface area contributed by atoms with Gasteiger partial charge in [0.2, 0.25) is 0 Å². The van der Waals surface area contributed by atoms with E-state index in [9.17, 15) is 4.79 Å². The number of carbonyl (C=O) groups excluding carboxylic acids is 1. The van der Waals surface area contributed by atoms with Crippen molar-refractivity contribution in [1.82, 2.24) is 5.32 Å². The first-order valence-corrected chi connectivity index (χ1v) is 6.74. The Morgan fingerprint density at radius 2 is 2.37 bits per heavy atom. The van der Waals surface area contributed by atoms with E-state index in [2.05, 4.69) is 17.5 Å². The summed E-state index contributed by atoms with van der Waals surface area (Å²) in [4.78, 5) is 11.5. The summed E-state index contributed by atoms with van der Waals surface area (Å²) in [5.74, 6) is 1.76. The fraction of sp³-hybridized carbons (Fsp3) is 0.533. The van der Waals surface area contributed by atoms with Gasteiger partial charge in [-0.1, -0.05) is 12.2 Å². The second kappa shape index (κ2) is 6.57. The van der Waals surface area contributed by atoms with Gasteiger partial charge in [0.25, 0.3) is 0 Å². The number of nitrogens with one attached hydrogen (secondary N) is 1. The molecule has 0 fully saturated rings. The summed E-state index contributed by atoms with van der Waals surface area (Å²) < 4.78 is 10.3. The summed E-state index contributed by atoms with van der Waals surface area (Å²) in [5, 5.41) is 3.39. The van der Waals surface area contributed by atoms with E-state index in [0.29, 0.717) is 23.8 Å². The fourth-order valence-corrected chi connectivity index (χ4v) is 2.38. The predicted molar refractivity (Wildman–Crippen MR) is 73.0 cm³/mol. The Labute approximate surface area is 113 Å². The van der Waals surface area contributed by atoms with Crippen LogP contribution in [0.25, 0.3) is 0 Å². The van der Waals surface area contributed by atoms with Gasteiger partial charge in [0.1, 0.15) is 17.1 Å². The van der Waals surface area contributed by atoms with Crippen molar-refractivity contribution in [3.63, 3.8) is 0 Å². The van der Waals surface area contributed by atoms with Crippen LogP contribution in [0.3, 0.4) is 0 Å². The molecule has 0 bridgehead atoms. The lowest BCUT2D eigenvalue weighted by molar-refractivity contribution is 0.0599.